The highest BCUT2D eigenvalue weighted by atomic mass is 19.2. The molecule has 2 aliphatic rings. The molecule has 1 aliphatic heterocycles. The van der Waals surface area contributed by atoms with Crippen LogP contribution < -0.4 is 5.32 Å². The molecular weight excluding hydrogens is 124 g/mol. The summed E-state index contributed by atoms with van der Waals surface area (Å²) in [4.78, 5) is 0. The van der Waals surface area contributed by atoms with Crippen molar-refractivity contribution < 1.29 is 8.78 Å². The Hall–Kier alpha value is -0.180. The molecule has 0 aromatic rings. The zero-order valence-corrected chi connectivity index (χ0v) is 5.03. The Morgan fingerprint density at radius 3 is 1.89 bits per heavy atom. The van der Waals surface area contributed by atoms with Gasteiger partial charge < -0.3 is 0 Å². The van der Waals surface area contributed by atoms with E-state index in [1.54, 1.807) is 0 Å². The first kappa shape index (κ1) is 5.59. The Morgan fingerprint density at radius 1 is 1.22 bits per heavy atom. The quantitative estimate of drug-likeness (QED) is 0.492. The molecule has 1 N–H and O–H groups in total. The van der Waals surface area contributed by atoms with Gasteiger partial charge in [-0.2, -0.15) is 0 Å². The van der Waals surface area contributed by atoms with Gasteiger partial charge in [-0.05, 0) is 12.8 Å². The lowest BCUT2D eigenvalue weighted by atomic mass is 9.63. The van der Waals surface area contributed by atoms with Crippen LogP contribution in [0, 0.1) is 5.41 Å². The molecule has 1 saturated carbocycles. The van der Waals surface area contributed by atoms with Crippen molar-refractivity contribution in [3.8, 4) is 0 Å². The van der Waals surface area contributed by atoms with E-state index >= 15 is 0 Å². The van der Waals surface area contributed by atoms with Crippen LogP contribution in [0.5, 0.6) is 0 Å². The van der Waals surface area contributed by atoms with Gasteiger partial charge in [0.25, 0.3) is 0 Å². The third kappa shape index (κ3) is 0.467. The molecule has 1 saturated heterocycles. The van der Waals surface area contributed by atoms with Crippen molar-refractivity contribution >= 4 is 0 Å². The average Bonchev–Trinajstić information content (AvgIpc) is 1.60. The Balaban J connectivity index is 2.08. The minimum Gasteiger partial charge on any atom is -0.257 e. The molecule has 9 heavy (non-hydrogen) atoms. The molecule has 2 fully saturated rings. The topological polar surface area (TPSA) is 12.0 Å². The van der Waals surface area contributed by atoms with Crippen LogP contribution in [0.4, 0.5) is 8.78 Å². The van der Waals surface area contributed by atoms with E-state index in [-0.39, 0.29) is 0 Å². The molecule has 1 aliphatic carbocycles. The van der Waals surface area contributed by atoms with Crippen molar-refractivity contribution in [1.29, 1.82) is 0 Å². The second kappa shape index (κ2) is 1.45. The lowest BCUT2D eigenvalue weighted by Gasteiger charge is -2.54. The van der Waals surface area contributed by atoms with Crippen molar-refractivity contribution in [2.75, 3.05) is 0 Å². The number of alkyl halides is 2. The summed E-state index contributed by atoms with van der Waals surface area (Å²) < 4.78 is 25.0. The summed E-state index contributed by atoms with van der Waals surface area (Å²) in [7, 11) is 0. The molecule has 0 aromatic carbocycles. The lowest BCUT2D eigenvalue weighted by Crippen LogP contribution is -2.68. The SMILES string of the molecule is FC1NC(F)C12CCC2. The minimum atomic E-state index is -1.07. The summed E-state index contributed by atoms with van der Waals surface area (Å²) in [5.41, 5.74) is -0.583. The highest BCUT2D eigenvalue weighted by Gasteiger charge is 2.59. The molecule has 52 valence electrons. The maximum absolute atomic E-state index is 12.5. The molecule has 0 radical (unpaired) electrons. The van der Waals surface area contributed by atoms with Gasteiger partial charge in [0.2, 0.25) is 0 Å². The fourth-order valence-electron chi connectivity index (χ4n) is 1.58. The largest absolute Gasteiger partial charge is 0.257 e. The van der Waals surface area contributed by atoms with Crippen LogP contribution >= 0.6 is 0 Å². The molecule has 0 amide bonds. The van der Waals surface area contributed by atoms with Crippen molar-refractivity contribution in [2.24, 2.45) is 5.41 Å². The molecule has 0 aromatic heterocycles. The van der Waals surface area contributed by atoms with Gasteiger partial charge in [-0.1, -0.05) is 6.42 Å². The van der Waals surface area contributed by atoms with Gasteiger partial charge in [0.1, 0.15) is 0 Å². The molecule has 2 atom stereocenters. The van der Waals surface area contributed by atoms with E-state index in [2.05, 4.69) is 5.32 Å². The molecule has 1 heterocycles. The normalized spacial score (nSPS) is 46.0. The summed E-state index contributed by atoms with van der Waals surface area (Å²) in [6, 6.07) is 0. The standard InChI is InChI=1S/C6H9F2N/c7-4-6(2-1-3-6)5(8)9-4/h4-5,9H,1-3H2. The predicted molar refractivity (Wildman–Crippen MR) is 29.2 cm³/mol. The van der Waals surface area contributed by atoms with Crippen LogP contribution in [-0.2, 0) is 0 Å². The summed E-state index contributed by atoms with van der Waals surface area (Å²) in [6.07, 6.45) is 0.301. The number of hydrogen-bond acceptors (Lipinski definition) is 1. The molecular formula is C6H9F2N. The van der Waals surface area contributed by atoms with Crippen molar-refractivity contribution in [1.82, 2.24) is 5.32 Å². The Bertz CT molecular complexity index is 123. The number of halogens is 2. The van der Waals surface area contributed by atoms with E-state index in [1.807, 2.05) is 0 Å². The Kier molecular flexibility index (Phi) is 0.903. The zero-order valence-electron chi connectivity index (χ0n) is 5.03. The molecule has 0 bridgehead atoms. The van der Waals surface area contributed by atoms with Gasteiger partial charge in [-0.25, -0.2) is 8.78 Å². The Labute approximate surface area is 52.4 Å². The van der Waals surface area contributed by atoms with Gasteiger partial charge in [0, 0.05) is 0 Å². The van der Waals surface area contributed by atoms with Crippen LogP contribution in [0.2, 0.25) is 0 Å². The van der Waals surface area contributed by atoms with Gasteiger partial charge >= 0.3 is 0 Å². The third-order valence-corrected chi connectivity index (χ3v) is 2.59. The number of nitrogens with one attached hydrogen (secondary N) is 1. The van der Waals surface area contributed by atoms with Gasteiger partial charge in [0.05, 0.1) is 5.41 Å². The first-order valence-electron chi connectivity index (χ1n) is 3.30. The third-order valence-electron chi connectivity index (χ3n) is 2.59. The summed E-state index contributed by atoms with van der Waals surface area (Å²) in [5, 5.41) is 2.16. The highest BCUT2D eigenvalue weighted by Crippen LogP contribution is 2.53. The highest BCUT2D eigenvalue weighted by molar-refractivity contribution is 5.05. The van der Waals surface area contributed by atoms with Crippen molar-refractivity contribution in [3.63, 3.8) is 0 Å². The Morgan fingerprint density at radius 2 is 1.78 bits per heavy atom. The summed E-state index contributed by atoms with van der Waals surface area (Å²) in [5.74, 6) is 0. The molecule has 1 nitrogen and oxygen atoms in total. The second-order valence-corrected chi connectivity index (χ2v) is 2.98. The maximum Gasteiger partial charge on any atom is 0.163 e. The lowest BCUT2D eigenvalue weighted by molar-refractivity contribution is -0.173. The maximum atomic E-state index is 12.5. The van der Waals surface area contributed by atoms with E-state index in [4.69, 9.17) is 0 Å². The van der Waals surface area contributed by atoms with Crippen LogP contribution in [0.25, 0.3) is 0 Å². The molecule has 1 spiro atoms. The van der Waals surface area contributed by atoms with Crippen molar-refractivity contribution in [2.45, 2.75) is 31.9 Å². The zero-order chi connectivity index (χ0) is 6.48. The fourth-order valence-corrected chi connectivity index (χ4v) is 1.58. The van der Waals surface area contributed by atoms with Gasteiger partial charge in [-0.15, -0.1) is 0 Å². The van der Waals surface area contributed by atoms with E-state index < -0.39 is 18.0 Å². The summed E-state index contributed by atoms with van der Waals surface area (Å²) >= 11 is 0. The van der Waals surface area contributed by atoms with Crippen molar-refractivity contribution in [3.05, 3.63) is 0 Å². The van der Waals surface area contributed by atoms with Crippen LogP contribution in [-0.4, -0.2) is 12.6 Å². The number of rotatable bonds is 0. The summed E-state index contributed by atoms with van der Waals surface area (Å²) in [6.45, 7) is 0. The van der Waals surface area contributed by atoms with E-state index in [1.165, 1.54) is 0 Å². The van der Waals surface area contributed by atoms with Crippen LogP contribution in [0.1, 0.15) is 19.3 Å². The molecule has 3 heteroatoms. The van der Waals surface area contributed by atoms with E-state index in [0.717, 1.165) is 19.3 Å². The van der Waals surface area contributed by atoms with E-state index in [0.29, 0.717) is 0 Å². The monoisotopic (exact) mass is 133 g/mol. The molecule has 2 unspecified atom stereocenters. The van der Waals surface area contributed by atoms with E-state index in [9.17, 15) is 8.78 Å². The first-order valence-corrected chi connectivity index (χ1v) is 3.30. The van der Waals surface area contributed by atoms with Gasteiger partial charge in [-0.3, -0.25) is 5.32 Å². The minimum absolute atomic E-state index is 0.583. The van der Waals surface area contributed by atoms with Crippen LogP contribution in [0.15, 0.2) is 0 Å². The predicted octanol–water partition coefficient (Wildman–Crippen LogP) is 1.35. The van der Waals surface area contributed by atoms with Crippen LogP contribution in [0.3, 0.4) is 0 Å². The fraction of sp³-hybridized carbons (Fsp3) is 1.00. The second-order valence-electron chi connectivity index (χ2n) is 2.98. The molecule has 2 rings (SSSR count). The average molecular weight is 133 g/mol. The number of hydrogen-bond donors (Lipinski definition) is 1. The first-order chi connectivity index (χ1) is 4.26. The van der Waals surface area contributed by atoms with Gasteiger partial charge in [0.15, 0.2) is 12.6 Å². The smallest absolute Gasteiger partial charge is 0.163 e.